The van der Waals surface area contributed by atoms with Crippen LogP contribution in [0.4, 0.5) is 17.3 Å². The molecule has 2 aliphatic rings. The van der Waals surface area contributed by atoms with Crippen LogP contribution in [-0.2, 0) is 4.79 Å². The standard InChI is InChI=1S/C27H27N5O2S/c1-2-4-18-8-12-32(13-9-18)25-22-16-24(29-17-20(22)7-11-28-25)30-21-6-3-5-19(15-21)26(33)31-23-10-14-35-27(23)34/h3,5-7,11,15-18,23H,8-10,12-14H2,1H3,(H,29,30)(H,31,33). The van der Waals surface area contributed by atoms with Gasteiger partial charge in [-0.05, 0) is 56.5 Å². The molecular weight excluding hydrogens is 458 g/mol. The lowest BCUT2D eigenvalue weighted by atomic mass is 9.97. The van der Waals surface area contributed by atoms with E-state index in [1.807, 2.05) is 43.6 Å². The van der Waals surface area contributed by atoms with Gasteiger partial charge in [-0.15, -0.1) is 11.8 Å². The van der Waals surface area contributed by atoms with Gasteiger partial charge in [0.25, 0.3) is 5.91 Å². The van der Waals surface area contributed by atoms with Crippen LogP contribution in [-0.4, -0.2) is 45.9 Å². The van der Waals surface area contributed by atoms with E-state index in [0.29, 0.717) is 23.7 Å². The minimum atomic E-state index is -0.406. The highest BCUT2D eigenvalue weighted by Gasteiger charge is 2.27. The van der Waals surface area contributed by atoms with Crippen LogP contribution in [0.3, 0.4) is 0 Å². The molecule has 0 aliphatic carbocycles. The number of benzene rings is 1. The van der Waals surface area contributed by atoms with E-state index in [-0.39, 0.29) is 11.0 Å². The molecule has 5 rings (SSSR count). The first kappa shape index (κ1) is 23.2. The number of nitrogens with zero attached hydrogens (tertiary/aromatic N) is 3. The van der Waals surface area contributed by atoms with Gasteiger partial charge < -0.3 is 15.5 Å². The third kappa shape index (κ3) is 5.25. The Hall–Kier alpha value is -3.57. The number of thioether (sulfide) groups is 1. The predicted molar refractivity (Wildman–Crippen MR) is 141 cm³/mol. The molecule has 7 nitrogen and oxygen atoms in total. The molecule has 2 aliphatic heterocycles. The van der Waals surface area contributed by atoms with E-state index in [0.717, 1.165) is 54.0 Å². The number of hydrogen-bond acceptors (Lipinski definition) is 7. The third-order valence-corrected chi connectivity index (χ3v) is 7.42. The van der Waals surface area contributed by atoms with Crippen molar-refractivity contribution in [2.75, 3.05) is 29.1 Å². The second-order valence-corrected chi connectivity index (χ2v) is 9.87. The summed E-state index contributed by atoms with van der Waals surface area (Å²) in [5.74, 6) is 8.95. The van der Waals surface area contributed by atoms with Gasteiger partial charge >= 0.3 is 0 Å². The predicted octanol–water partition coefficient (Wildman–Crippen LogP) is 4.38. The van der Waals surface area contributed by atoms with Gasteiger partial charge in [-0.25, -0.2) is 9.97 Å². The average molecular weight is 486 g/mol. The highest BCUT2D eigenvalue weighted by Crippen LogP contribution is 2.30. The molecule has 2 saturated heterocycles. The molecular formula is C27H27N5O2S. The van der Waals surface area contributed by atoms with Crippen molar-refractivity contribution < 1.29 is 9.59 Å². The first-order valence-electron chi connectivity index (χ1n) is 11.9. The van der Waals surface area contributed by atoms with Gasteiger partial charge in [0.1, 0.15) is 11.6 Å². The number of hydrogen-bond donors (Lipinski definition) is 2. The molecule has 0 spiro atoms. The molecule has 35 heavy (non-hydrogen) atoms. The monoisotopic (exact) mass is 485 g/mol. The minimum Gasteiger partial charge on any atom is -0.356 e. The third-order valence-electron chi connectivity index (χ3n) is 6.41. The second kappa shape index (κ2) is 10.4. The van der Waals surface area contributed by atoms with Crippen LogP contribution in [0.2, 0.25) is 0 Å². The zero-order valence-electron chi connectivity index (χ0n) is 19.6. The highest BCUT2D eigenvalue weighted by molar-refractivity contribution is 8.14. The number of carbonyl (C=O) groups excluding carboxylic acids is 2. The molecule has 178 valence electrons. The molecule has 3 aromatic rings. The average Bonchev–Trinajstić information content (AvgIpc) is 3.28. The second-order valence-electron chi connectivity index (χ2n) is 8.77. The van der Waals surface area contributed by atoms with Crippen LogP contribution >= 0.6 is 11.8 Å². The van der Waals surface area contributed by atoms with E-state index in [1.54, 1.807) is 12.1 Å². The zero-order valence-corrected chi connectivity index (χ0v) is 20.4. The summed E-state index contributed by atoms with van der Waals surface area (Å²) in [7, 11) is 0. The van der Waals surface area contributed by atoms with Crippen molar-refractivity contribution in [2.45, 2.75) is 32.2 Å². The fourth-order valence-corrected chi connectivity index (χ4v) is 5.50. The van der Waals surface area contributed by atoms with E-state index in [2.05, 4.69) is 32.4 Å². The number of nitrogens with one attached hydrogen (secondary N) is 2. The number of pyridine rings is 2. The highest BCUT2D eigenvalue weighted by atomic mass is 32.2. The van der Waals surface area contributed by atoms with Gasteiger partial charge in [-0.1, -0.05) is 17.8 Å². The van der Waals surface area contributed by atoms with Crippen molar-refractivity contribution in [1.82, 2.24) is 15.3 Å². The Bertz CT molecular complexity index is 1320. The Morgan fingerprint density at radius 1 is 1.14 bits per heavy atom. The summed E-state index contributed by atoms with van der Waals surface area (Å²) in [4.78, 5) is 36.1. The van der Waals surface area contributed by atoms with Crippen LogP contribution in [0.5, 0.6) is 0 Å². The van der Waals surface area contributed by atoms with Gasteiger partial charge in [0.2, 0.25) is 5.12 Å². The van der Waals surface area contributed by atoms with Gasteiger partial charge in [-0.2, -0.15) is 0 Å². The quantitative estimate of drug-likeness (QED) is 0.519. The smallest absolute Gasteiger partial charge is 0.251 e. The summed E-state index contributed by atoms with van der Waals surface area (Å²) >= 11 is 1.27. The summed E-state index contributed by atoms with van der Waals surface area (Å²) in [6.45, 7) is 3.75. The number of piperidine rings is 1. The summed E-state index contributed by atoms with van der Waals surface area (Å²) in [6.07, 6.45) is 6.43. The number of carbonyl (C=O) groups is 2. The van der Waals surface area contributed by atoms with Crippen molar-refractivity contribution >= 4 is 50.9 Å². The van der Waals surface area contributed by atoms with Crippen molar-refractivity contribution in [1.29, 1.82) is 0 Å². The van der Waals surface area contributed by atoms with Crippen LogP contribution < -0.4 is 15.5 Å². The molecule has 2 fully saturated rings. The van der Waals surface area contributed by atoms with Gasteiger partial charge in [-0.3, -0.25) is 9.59 Å². The Balaban J connectivity index is 1.34. The number of aromatic nitrogens is 2. The van der Waals surface area contributed by atoms with E-state index in [4.69, 9.17) is 4.98 Å². The Kier molecular flexibility index (Phi) is 6.87. The fourth-order valence-electron chi connectivity index (χ4n) is 4.56. The molecule has 0 radical (unpaired) electrons. The maximum atomic E-state index is 12.7. The van der Waals surface area contributed by atoms with Gasteiger partial charge in [0, 0.05) is 59.2 Å². The van der Waals surface area contributed by atoms with Crippen LogP contribution in [0.25, 0.3) is 10.8 Å². The molecule has 4 heterocycles. The molecule has 0 saturated carbocycles. The summed E-state index contributed by atoms with van der Waals surface area (Å²) in [5.41, 5.74) is 1.25. The molecule has 1 amide bonds. The number of fused-ring (bicyclic) bond motifs is 1. The summed E-state index contributed by atoms with van der Waals surface area (Å²) < 4.78 is 0. The summed E-state index contributed by atoms with van der Waals surface area (Å²) in [6, 6.07) is 10.8. The lowest BCUT2D eigenvalue weighted by Crippen LogP contribution is -2.37. The number of amides is 1. The van der Waals surface area contributed by atoms with Crippen molar-refractivity contribution in [2.24, 2.45) is 5.92 Å². The van der Waals surface area contributed by atoms with E-state index >= 15 is 0 Å². The van der Waals surface area contributed by atoms with Crippen LogP contribution in [0, 0.1) is 17.8 Å². The molecule has 1 aromatic carbocycles. The molecule has 8 heteroatoms. The molecule has 0 bridgehead atoms. The van der Waals surface area contributed by atoms with Gasteiger partial charge in [0.05, 0.1) is 6.04 Å². The molecule has 1 unspecified atom stereocenters. The number of anilines is 3. The Labute approximate surface area is 209 Å². The topological polar surface area (TPSA) is 87.2 Å². The van der Waals surface area contributed by atoms with Crippen molar-refractivity contribution in [3.05, 3.63) is 54.4 Å². The van der Waals surface area contributed by atoms with Crippen molar-refractivity contribution in [3.8, 4) is 11.8 Å². The Morgan fingerprint density at radius 2 is 2.00 bits per heavy atom. The lowest BCUT2D eigenvalue weighted by Gasteiger charge is -2.31. The molecule has 2 N–H and O–H groups in total. The van der Waals surface area contributed by atoms with E-state index in [1.165, 1.54) is 11.8 Å². The Morgan fingerprint density at radius 3 is 2.77 bits per heavy atom. The number of rotatable bonds is 5. The van der Waals surface area contributed by atoms with E-state index in [9.17, 15) is 9.59 Å². The maximum Gasteiger partial charge on any atom is 0.251 e. The molecule has 2 aromatic heterocycles. The van der Waals surface area contributed by atoms with Crippen molar-refractivity contribution in [3.63, 3.8) is 0 Å². The summed E-state index contributed by atoms with van der Waals surface area (Å²) in [5, 5.41) is 8.26. The lowest BCUT2D eigenvalue weighted by molar-refractivity contribution is -0.112. The fraction of sp³-hybridized carbons (Fsp3) is 0.333. The van der Waals surface area contributed by atoms with E-state index < -0.39 is 6.04 Å². The molecule has 1 atom stereocenters. The largest absolute Gasteiger partial charge is 0.356 e. The first-order chi connectivity index (χ1) is 17.1. The minimum absolute atomic E-state index is 0.0277. The van der Waals surface area contributed by atoms with Crippen LogP contribution in [0.15, 0.2) is 48.8 Å². The zero-order chi connectivity index (χ0) is 24.2. The maximum absolute atomic E-state index is 12.7. The normalized spacial score (nSPS) is 18.3. The first-order valence-corrected chi connectivity index (χ1v) is 12.9. The van der Waals surface area contributed by atoms with Gasteiger partial charge in [0.15, 0.2) is 0 Å². The van der Waals surface area contributed by atoms with Crippen LogP contribution in [0.1, 0.15) is 36.5 Å². The SMILES string of the molecule is CC#CC1CCN(c2nccc3cnc(Nc4cccc(C(=O)NC5CCSC5=O)c4)cc23)CC1.